The van der Waals surface area contributed by atoms with Gasteiger partial charge >= 0.3 is 0 Å². The van der Waals surface area contributed by atoms with Crippen molar-refractivity contribution in [2.24, 2.45) is 0 Å². The zero-order valence-corrected chi connectivity index (χ0v) is 12.6. The summed E-state index contributed by atoms with van der Waals surface area (Å²) in [7, 11) is 0. The first-order chi connectivity index (χ1) is 11.7. The molecular weight excluding hydrogens is 308 g/mol. The maximum absolute atomic E-state index is 10.1. The molecule has 7 nitrogen and oxygen atoms in total. The zero-order valence-electron chi connectivity index (χ0n) is 12.6. The van der Waals surface area contributed by atoms with Crippen LogP contribution in [0.3, 0.4) is 0 Å². The molecule has 4 N–H and O–H groups in total. The molecule has 0 radical (unpaired) electrons. The minimum absolute atomic E-state index is 0.115. The molecule has 1 aliphatic heterocycles. The van der Waals surface area contributed by atoms with Gasteiger partial charge in [-0.25, -0.2) is 9.97 Å². The predicted molar refractivity (Wildman–Crippen MR) is 89.4 cm³/mol. The Morgan fingerprint density at radius 2 is 1.79 bits per heavy atom. The van der Waals surface area contributed by atoms with Crippen LogP contribution in [0.15, 0.2) is 48.7 Å². The fourth-order valence-corrected chi connectivity index (χ4v) is 2.48. The van der Waals surface area contributed by atoms with E-state index in [1.165, 1.54) is 0 Å². The Balaban J connectivity index is 1.66. The van der Waals surface area contributed by atoms with Gasteiger partial charge in [-0.2, -0.15) is 0 Å². The van der Waals surface area contributed by atoms with Crippen molar-refractivity contribution in [3.05, 3.63) is 48.7 Å². The lowest BCUT2D eigenvalue weighted by molar-refractivity contribution is 0.174. The lowest BCUT2D eigenvalue weighted by Crippen LogP contribution is -1.96. The molecule has 4 rings (SSSR count). The Morgan fingerprint density at radius 3 is 2.67 bits per heavy atom. The molecule has 0 atom stereocenters. The number of aromatic nitrogens is 2. The molecule has 0 spiro atoms. The summed E-state index contributed by atoms with van der Waals surface area (Å²) in [6.07, 6.45) is 1.55. The Bertz CT molecular complexity index is 914. The van der Waals surface area contributed by atoms with Crippen LogP contribution in [0.4, 0.5) is 17.3 Å². The third kappa shape index (κ3) is 2.63. The zero-order chi connectivity index (χ0) is 16.5. The van der Waals surface area contributed by atoms with Crippen molar-refractivity contribution in [1.29, 1.82) is 0 Å². The second-order valence-electron chi connectivity index (χ2n) is 5.23. The van der Waals surface area contributed by atoms with Crippen molar-refractivity contribution in [3.63, 3.8) is 0 Å². The number of anilines is 3. The van der Waals surface area contributed by atoms with Crippen LogP contribution >= 0.6 is 0 Å². The van der Waals surface area contributed by atoms with Gasteiger partial charge in [-0.1, -0.05) is 0 Å². The van der Waals surface area contributed by atoms with Crippen LogP contribution in [0, 0.1) is 0 Å². The van der Waals surface area contributed by atoms with E-state index in [1.807, 2.05) is 18.2 Å². The average molecular weight is 322 g/mol. The molecule has 1 aromatic heterocycles. The molecule has 0 fully saturated rings. The van der Waals surface area contributed by atoms with E-state index in [9.17, 15) is 5.11 Å². The number of nitrogen functional groups attached to an aromatic ring is 1. The second-order valence-corrected chi connectivity index (χ2v) is 5.23. The first-order valence-corrected chi connectivity index (χ1v) is 7.27. The molecule has 0 bridgehead atoms. The number of aromatic hydroxyl groups is 1. The third-order valence-corrected chi connectivity index (χ3v) is 3.61. The molecule has 0 unspecified atom stereocenters. The molecule has 0 aliphatic carbocycles. The standard InChI is InChI=1S/C17H14N4O3/c18-17-19-6-5-13(21-17)12-7-10(1-3-14(12)22)20-11-2-4-15-16(8-11)24-9-23-15/h1-8,20,22H,9H2,(H2,18,19,21). The highest BCUT2D eigenvalue weighted by Gasteiger charge is 2.14. The van der Waals surface area contributed by atoms with Gasteiger partial charge in [0.1, 0.15) is 5.75 Å². The summed E-state index contributed by atoms with van der Waals surface area (Å²) in [6.45, 7) is 0.233. The molecule has 2 aromatic carbocycles. The van der Waals surface area contributed by atoms with Gasteiger partial charge in [-0.15, -0.1) is 0 Å². The monoisotopic (exact) mass is 322 g/mol. The van der Waals surface area contributed by atoms with E-state index in [2.05, 4.69) is 15.3 Å². The highest BCUT2D eigenvalue weighted by molar-refractivity contribution is 5.74. The number of phenolic OH excluding ortho intramolecular Hbond substituents is 1. The number of phenols is 1. The fraction of sp³-hybridized carbons (Fsp3) is 0.0588. The Morgan fingerprint density at radius 1 is 1.00 bits per heavy atom. The number of fused-ring (bicyclic) bond motifs is 1. The van der Waals surface area contributed by atoms with E-state index in [4.69, 9.17) is 15.2 Å². The van der Waals surface area contributed by atoms with Crippen LogP contribution < -0.4 is 20.5 Å². The van der Waals surface area contributed by atoms with Crippen molar-refractivity contribution in [3.8, 4) is 28.5 Å². The maximum Gasteiger partial charge on any atom is 0.231 e. The predicted octanol–water partition coefficient (Wildman–Crippen LogP) is 2.90. The van der Waals surface area contributed by atoms with Crippen LogP contribution in [-0.2, 0) is 0 Å². The van der Waals surface area contributed by atoms with E-state index in [1.54, 1.807) is 30.5 Å². The average Bonchev–Trinajstić information content (AvgIpc) is 3.04. The summed E-state index contributed by atoms with van der Waals surface area (Å²) in [5, 5.41) is 13.4. The lowest BCUT2D eigenvalue weighted by Gasteiger charge is -2.10. The molecule has 24 heavy (non-hydrogen) atoms. The van der Waals surface area contributed by atoms with Gasteiger partial charge in [-0.05, 0) is 36.4 Å². The summed E-state index contributed by atoms with van der Waals surface area (Å²) in [6, 6.07) is 12.5. The second kappa shape index (κ2) is 5.62. The minimum atomic E-state index is 0.115. The molecule has 0 saturated heterocycles. The topological polar surface area (TPSA) is 103 Å². The summed E-state index contributed by atoms with van der Waals surface area (Å²) >= 11 is 0. The molecule has 0 saturated carbocycles. The number of hydrogen-bond acceptors (Lipinski definition) is 7. The van der Waals surface area contributed by atoms with Gasteiger partial charge in [0.05, 0.1) is 5.69 Å². The summed E-state index contributed by atoms with van der Waals surface area (Å²) in [5.41, 5.74) is 8.37. The number of benzene rings is 2. The van der Waals surface area contributed by atoms with Gasteiger partial charge in [-0.3, -0.25) is 0 Å². The van der Waals surface area contributed by atoms with Crippen molar-refractivity contribution < 1.29 is 14.6 Å². The first-order valence-electron chi connectivity index (χ1n) is 7.27. The van der Waals surface area contributed by atoms with Crippen LogP contribution in [-0.4, -0.2) is 21.9 Å². The molecular formula is C17H14N4O3. The normalized spacial score (nSPS) is 12.2. The number of nitrogens with one attached hydrogen (secondary N) is 1. The van der Waals surface area contributed by atoms with Crippen molar-refractivity contribution in [2.75, 3.05) is 17.8 Å². The fourth-order valence-electron chi connectivity index (χ4n) is 2.48. The van der Waals surface area contributed by atoms with Crippen molar-refractivity contribution >= 4 is 17.3 Å². The number of nitrogens with two attached hydrogens (primary N) is 1. The minimum Gasteiger partial charge on any atom is -0.507 e. The summed E-state index contributed by atoms with van der Waals surface area (Å²) < 4.78 is 10.7. The summed E-state index contributed by atoms with van der Waals surface area (Å²) in [5.74, 6) is 1.69. The SMILES string of the molecule is Nc1nccc(-c2cc(Nc3ccc4c(c3)OCO4)ccc2O)n1. The lowest BCUT2D eigenvalue weighted by atomic mass is 10.1. The first kappa shape index (κ1) is 14.1. The van der Waals surface area contributed by atoms with Gasteiger partial charge in [0.2, 0.25) is 12.7 Å². The number of nitrogens with zero attached hydrogens (tertiary/aromatic N) is 2. The molecule has 1 aliphatic rings. The smallest absolute Gasteiger partial charge is 0.231 e. The molecule has 0 amide bonds. The number of ether oxygens (including phenoxy) is 2. The number of hydrogen-bond donors (Lipinski definition) is 3. The molecule has 2 heterocycles. The van der Waals surface area contributed by atoms with E-state index in [0.29, 0.717) is 17.0 Å². The quantitative estimate of drug-likeness (QED) is 0.637. The van der Waals surface area contributed by atoms with Crippen molar-refractivity contribution in [2.45, 2.75) is 0 Å². The van der Waals surface area contributed by atoms with Gasteiger partial charge < -0.3 is 25.6 Å². The molecule has 3 aromatic rings. The molecule has 7 heteroatoms. The maximum atomic E-state index is 10.1. The highest BCUT2D eigenvalue weighted by atomic mass is 16.7. The van der Waals surface area contributed by atoms with Crippen LogP contribution in [0.2, 0.25) is 0 Å². The van der Waals surface area contributed by atoms with Crippen LogP contribution in [0.25, 0.3) is 11.3 Å². The number of rotatable bonds is 3. The van der Waals surface area contributed by atoms with E-state index in [0.717, 1.165) is 17.1 Å². The van der Waals surface area contributed by atoms with Crippen LogP contribution in [0.1, 0.15) is 0 Å². The highest BCUT2D eigenvalue weighted by Crippen LogP contribution is 2.36. The van der Waals surface area contributed by atoms with Crippen molar-refractivity contribution in [1.82, 2.24) is 9.97 Å². The van der Waals surface area contributed by atoms with Gasteiger partial charge in [0, 0.05) is 29.2 Å². The Kier molecular flexibility index (Phi) is 3.31. The van der Waals surface area contributed by atoms with E-state index >= 15 is 0 Å². The third-order valence-electron chi connectivity index (χ3n) is 3.61. The van der Waals surface area contributed by atoms with Crippen LogP contribution in [0.5, 0.6) is 17.2 Å². The Labute approximate surface area is 137 Å². The van der Waals surface area contributed by atoms with E-state index in [-0.39, 0.29) is 18.5 Å². The Hall–Kier alpha value is -3.48. The largest absolute Gasteiger partial charge is 0.507 e. The summed E-state index contributed by atoms with van der Waals surface area (Å²) in [4.78, 5) is 8.00. The van der Waals surface area contributed by atoms with Gasteiger partial charge in [0.25, 0.3) is 0 Å². The molecule has 120 valence electrons. The van der Waals surface area contributed by atoms with E-state index < -0.39 is 0 Å². The van der Waals surface area contributed by atoms with Gasteiger partial charge in [0.15, 0.2) is 11.5 Å².